The number of amides is 3. The summed E-state index contributed by atoms with van der Waals surface area (Å²) in [5, 5.41) is 2.99. The highest BCUT2D eigenvalue weighted by Gasteiger charge is 2.39. The zero-order valence-electron chi connectivity index (χ0n) is 16.9. The molecule has 3 rings (SSSR count). The fraction of sp³-hybridized carbons (Fsp3) is 0.571. The van der Waals surface area contributed by atoms with Gasteiger partial charge in [0.25, 0.3) is 0 Å². The van der Waals surface area contributed by atoms with Gasteiger partial charge in [0.15, 0.2) is 0 Å². The molecule has 28 heavy (non-hydrogen) atoms. The van der Waals surface area contributed by atoms with Gasteiger partial charge in [-0.3, -0.25) is 9.59 Å². The fourth-order valence-electron chi connectivity index (χ4n) is 3.96. The SMILES string of the molecule is CCOC(=O)N1CCC(N2CC(C(=O)Nc3cccc(C)c3C)CC2=O)CC1. The Bertz CT molecular complexity index is 756. The van der Waals surface area contributed by atoms with Crippen LogP contribution in [0.4, 0.5) is 10.5 Å². The van der Waals surface area contributed by atoms with Gasteiger partial charge in [-0.1, -0.05) is 12.1 Å². The first kappa shape index (κ1) is 20.2. The molecule has 7 heteroatoms. The number of likely N-dealkylation sites (tertiary alicyclic amines) is 2. The van der Waals surface area contributed by atoms with Gasteiger partial charge in [-0.2, -0.15) is 0 Å². The van der Waals surface area contributed by atoms with E-state index in [1.54, 1.807) is 11.8 Å². The number of piperidine rings is 1. The molecule has 2 heterocycles. The van der Waals surface area contributed by atoms with Crippen molar-refractivity contribution >= 4 is 23.6 Å². The van der Waals surface area contributed by atoms with Gasteiger partial charge in [0.1, 0.15) is 0 Å². The number of hydrogen-bond acceptors (Lipinski definition) is 4. The summed E-state index contributed by atoms with van der Waals surface area (Å²) in [6.45, 7) is 7.74. The lowest BCUT2D eigenvalue weighted by molar-refractivity contribution is -0.130. The third-order valence-corrected chi connectivity index (χ3v) is 5.82. The minimum absolute atomic E-state index is 0.0238. The van der Waals surface area contributed by atoms with Gasteiger partial charge in [-0.25, -0.2) is 4.79 Å². The predicted octanol–water partition coefficient (Wildman–Crippen LogP) is 2.71. The van der Waals surface area contributed by atoms with E-state index in [9.17, 15) is 14.4 Å². The third kappa shape index (κ3) is 4.29. The first-order chi connectivity index (χ1) is 13.4. The summed E-state index contributed by atoms with van der Waals surface area (Å²) in [4.78, 5) is 40.6. The molecule has 1 aromatic rings. The van der Waals surface area contributed by atoms with Gasteiger partial charge in [-0.05, 0) is 50.8 Å². The summed E-state index contributed by atoms with van der Waals surface area (Å²) in [7, 11) is 0. The van der Waals surface area contributed by atoms with E-state index in [-0.39, 0.29) is 36.3 Å². The minimum atomic E-state index is -0.338. The van der Waals surface area contributed by atoms with Gasteiger partial charge in [-0.15, -0.1) is 0 Å². The van der Waals surface area contributed by atoms with Crippen molar-refractivity contribution in [1.29, 1.82) is 0 Å². The van der Waals surface area contributed by atoms with Crippen molar-refractivity contribution in [3.05, 3.63) is 29.3 Å². The zero-order valence-corrected chi connectivity index (χ0v) is 16.9. The van der Waals surface area contributed by atoms with Crippen molar-refractivity contribution in [3.63, 3.8) is 0 Å². The molecule has 1 N–H and O–H groups in total. The number of aryl methyl sites for hydroxylation is 1. The predicted molar refractivity (Wildman–Crippen MR) is 106 cm³/mol. The molecule has 2 aliphatic rings. The van der Waals surface area contributed by atoms with Crippen molar-refractivity contribution < 1.29 is 19.1 Å². The highest BCUT2D eigenvalue weighted by molar-refractivity contribution is 5.97. The number of hydrogen-bond donors (Lipinski definition) is 1. The van der Waals surface area contributed by atoms with Gasteiger partial charge < -0.3 is 19.9 Å². The molecule has 7 nitrogen and oxygen atoms in total. The Balaban J connectivity index is 1.56. The highest BCUT2D eigenvalue weighted by atomic mass is 16.6. The molecule has 0 aromatic heterocycles. The lowest BCUT2D eigenvalue weighted by atomic mass is 10.0. The number of carbonyl (C=O) groups excluding carboxylic acids is 3. The summed E-state index contributed by atoms with van der Waals surface area (Å²) in [6, 6.07) is 5.90. The number of ether oxygens (including phenoxy) is 1. The molecule has 1 atom stereocenters. The van der Waals surface area contributed by atoms with E-state index < -0.39 is 0 Å². The Morgan fingerprint density at radius 2 is 1.93 bits per heavy atom. The van der Waals surface area contributed by atoms with E-state index >= 15 is 0 Å². The second-order valence-corrected chi connectivity index (χ2v) is 7.60. The maximum Gasteiger partial charge on any atom is 0.409 e. The molecule has 0 radical (unpaired) electrons. The first-order valence-corrected chi connectivity index (χ1v) is 9.99. The van der Waals surface area contributed by atoms with Crippen molar-refractivity contribution in [2.45, 2.75) is 46.1 Å². The summed E-state index contributed by atoms with van der Waals surface area (Å²) in [5.74, 6) is -0.417. The molecule has 1 unspecified atom stereocenters. The summed E-state index contributed by atoms with van der Waals surface area (Å²) < 4.78 is 5.04. The lowest BCUT2D eigenvalue weighted by Gasteiger charge is -2.36. The molecule has 2 fully saturated rings. The lowest BCUT2D eigenvalue weighted by Crippen LogP contribution is -2.47. The summed E-state index contributed by atoms with van der Waals surface area (Å²) in [5.41, 5.74) is 2.97. The maximum absolute atomic E-state index is 12.7. The minimum Gasteiger partial charge on any atom is -0.450 e. The average molecular weight is 387 g/mol. The van der Waals surface area contributed by atoms with Crippen LogP contribution in [0.15, 0.2) is 18.2 Å². The van der Waals surface area contributed by atoms with E-state index in [4.69, 9.17) is 4.74 Å². The largest absolute Gasteiger partial charge is 0.450 e. The smallest absolute Gasteiger partial charge is 0.409 e. The van der Waals surface area contributed by atoms with Crippen LogP contribution in [-0.2, 0) is 14.3 Å². The Kier molecular flexibility index (Phi) is 6.21. The second-order valence-electron chi connectivity index (χ2n) is 7.60. The van der Waals surface area contributed by atoms with E-state index in [1.165, 1.54) is 0 Å². The third-order valence-electron chi connectivity index (χ3n) is 5.82. The van der Waals surface area contributed by atoms with E-state index in [0.29, 0.717) is 26.2 Å². The van der Waals surface area contributed by atoms with E-state index in [0.717, 1.165) is 29.7 Å². The van der Waals surface area contributed by atoms with Crippen LogP contribution in [0, 0.1) is 19.8 Å². The topological polar surface area (TPSA) is 79.0 Å². The van der Waals surface area contributed by atoms with Crippen molar-refractivity contribution in [1.82, 2.24) is 9.80 Å². The van der Waals surface area contributed by atoms with Gasteiger partial charge in [0.2, 0.25) is 11.8 Å². The summed E-state index contributed by atoms with van der Waals surface area (Å²) >= 11 is 0. The van der Waals surface area contributed by atoms with E-state index in [2.05, 4.69) is 5.32 Å². The molecule has 2 saturated heterocycles. The molecule has 2 aliphatic heterocycles. The van der Waals surface area contributed by atoms with Crippen LogP contribution in [0.25, 0.3) is 0 Å². The van der Waals surface area contributed by atoms with Crippen LogP contribution < -0.4 is 5.32 Å². The van der Waals surface area contributed by atoms with Crippen molar-refractivity contribution in [2.75, 3.05) is 31.6 Å². The zero-order chi connectivity index (χ0) is 20.3. The van der Waals surface area contributed by atoms with Crippen LogP contribution in [0.1, 0.15) is 37.3 Å². The van der Waals surface area contributed by atoms with Crippen LogP contribution in [-0.4, -0.2) is 60.0 Å². The number of anilines is 1. The Morgan fingerprint density at radius 1 is 1.21 bits per heavy atom. The Morgan fingerprint density at radius 3 is 2.61 bits per heavy atom. The van der Waals surface area contributed by atoms with Crippen molar-refractivity contribution in [2.24, 2.45) is 5.92 Å². The quantitative estimate of drug-likeness (QED) is 0.862. The average Bonchev–Trinajstić information content (AvgIpc) is 3.07. The molecule has 0 saturated carbocycles. The van der Waals surface area contributed by atoms with Crippen LogP contribution in [0.2, 0.25) is 0 Å². The van der Waals surface area contributed by atoms with Crippen LogP contribution in [0.5, 0.6) is 0 Å². The Hall–Kier alpha value is -2.57. The molecule has 1 aromatic carbocycles. The maximum atomic E-state index is 12.7. The number of carbonyl (C=O) groups is 3. The fourth-order valence-corrected chi connectivity index (χ4v) is 3.96. The van der Waals surface area contributed by atoms with Crippen molar-refractivity contribution in [3.8, 4) is 0 Å². The molecule has 0 spiro atoms. The van der Waals surface area contributed by atoms with Gasteiger partial charge in [0, 0.05) is 37.8 Å². The molecule has 152 valence electrons. The molecular formula is C21H29N3O4. The monoisotopic (exact) mass is 387 g/mol. The molecule has 0 bridgehead atoms. The molecule has 0 aliphatic carbocycles. The van der Waals surface area contributed by atoms with Crippen LogP contribution in [0.3, 0.4) is 0 Å². The van der Waals surface area contributed by atoms with E-state index in [1.807, 2.05) is 36.9 Å². The summed E-state index contributed by atoms with van der Waals surface area (Å²) in [6.07, 6.45) is 1.39. The normalized spacial score (nSPS) is 20.4. The number of nitrogens with one attached hydrogen (secondary N) is 1. The molecular weight excluding hydrogens is 358 g/mol. The number of rotatable bonds is 4. The first-order valence-electron chi connectivity index (χ1n) is 9.99. The molecule has 3 amide bonds. The Labute approximate surface area is 166 Å². The van der Waals surface area contributed by atoms with Crippen LogP contribution >= 0.6 is 0 Å². The standard InChI is InChI=1S/C21H29N3O4/c1-4-28-21(27)23-10-8-17(9-11-23)24-13-16(12-19(24)25)20(26)22-18-7-5-6-14(2)15(18)3/h5-7,16-17H,4,8-13H2,1-3H3,(H,22,26). The second kappa shape index (κ2) is 8.63. The number of nitrogens with zero attached hydrogens (tertiary/aromatic N) is 2. The van der Waals surface area contributed by atoms with Gasteiger partial charge in [0.05, 0.1) is 12.5 Å². The van der Waals surface area contributed by atoms with Gasteiger partial charge >= 0.3 is 6.09 Å². The highest BCUT2D eigenvalue weighted by Crippen LogP contribution is 2.27. The number of benzene rings is 1.